The first-order valence-corrected chi connectivity index (χ1v) is 16.6. The fourth-order valence-electron chi connectivity index (χ4n) is 6.61. The van der Waals surface area contributed by atoms with E-state index in [1.807, 2.05) is 60.8 Å². The van der Waals surface area contributed by atoms with Gasteiger partial charge in [-0.15, -0.1) is 0 Å². The van der Waals surface area contributed by atoms with E-state index >= 15 is 0 Å². The molecule has 3 heterocycles. The highest BCUT2D eigenvalue weighted by Gasteiger charge is 2.20. The lowest BCUT2D eigenvalue weighted by molar-refractivity contribution is 0.477. The predicted molar refractivity (Wildman–Crippen MR) is 202 cm³/mol. The summed E-state index contributed by atoms with van der Waals surface area (Å²) < 4.78 is 2.32. The molecule has 49 heavy (non-hydrogen) atoms. The minimum absolute atomic E-state index is 0.106. The van der Waals surface area contributed by atoms with Crippen LogP contribution in [0, 0.1) is 0 Å². The summed E-state index contributed by atoms with van der Waals surface area (Å²) in [5, 5.41) is 13.2. The van der Waals surface area contributed by atoms with Crippen LogP contribution in [0.3, 0.4) is 0 Å². The van der Waals surface area contributed by atoms with Gasteiger partial charge in [0, 0.05) is 39.5 Å². The monoisotopic (exact) mass is 636 g/mol. The summed E-state index contributed by atoms with van der Waals surface area (Å²) >= 11 is 0. The number of phenolic OH excluding ortho intramolecular Hbond substituents is 1. The normalized spacial score (nSPS) is 11.7. The van der Waals surface area contributed by atoms with Gasteiger partial charge in [-0.3, -0.25) is 4.90 Å². The van der Waals surface area contributed by atoms with E-state index in [0.29, 0.717) is 0 Å². The number of benzene rings is 5. The molecule has 0 bridgehead atoms. The Morgan fingerprint density at radius 2 is 1.22 bits per heavy atom. The third kappa shape index (κ3) is 5.59. The summed E-state index contributed by atoms with van der Waals surface area (Å²) in [6.07, 6.45) is 1.81. The third-order valence-electron chi connectivity index (χ3n) is 9.10. The first-order valence-electron chi connectivity index (χ1n) is 16.6. The molecule has 0 aliphatic carbocycles. The first kappa shape index (κ1) is 30.2. The maximum atomic E-state index is 10.7. The SMILES string of the molecule is CC(C)(C)c1cc(-c2cccc(N(c3ccc(-n4c5ccccc5c5ccccc54)cc3)c3ccccn3)n2)cc(-c2ccccc2O)c1. The fraction of sp³-hybridized carbons (Fsp3) is 0.0909. The first-order chi connectivity index (χ1) is 23.8. The molecule has 8 aromatic rings. The van der Waals surface area contributed by atoms with E-state index in [1.54, 1.807) is 6.07 Å². The van der Waals surface area contributed by atoms with Crippen LogP contribution in [0.4, 0.5) is 17.3 Å². The van der Waals surface area contributed by atoms with Gasteiger partial charge in [0.15, 0.2) is 0 Å². The summed E-state index contributed by atoms with van der Waals surface area (Å²) in [6.45, 7) is 6.61. The number of pyridine rings is 2. The molecule has 8 rings (SSSR count). The fourth-order valence-corrected chi connectivity index (χ4v) is 6.61. The minimum Gasteiger partial charge on any atom is -0.507 e. The highest BCUT2D eigenvalue weighted by atomic mass is 16.3. The van der Waals surface area contributed by atoms with E-state index in [-0.39, 0.29) is 11.2 Å². The van der Waals surface area contributed by atoms with Crippen molar-refractivity contribution in [3.05, 3.63) is 163 Å². The maximum absolute atomic E-state index is 10.7. The van der Waals surface area contributed by atoms with Gasteiger partial charge in [0.05, 0.1) is 16.7 Å². The van der Waals surface area contributed by atoms with Crippen LogP contribution in [0.5, 0.6) is 5.75 Å². The van der Waals surface area contributed by atoms with Gasteiger partial charge in [-0.2, -0.15) is 0 Å². The molecule has 0 unspecified atom stereocenters. The van der Waals surface area contributed by atoms with Gasteiger partial charge < -0.3 is 9.67 Å². The van der Waals surface area contributed by atoms with Crippen LogP contribution in [-0.4, -0.2) is 19.6 Å². The summed E-state index contributed by atoms with van der Waals surface area (Å²) in [4.78, 5) is 12.1. The van der Waals surface area contributed by atoms with Crippen LogP contribution in [0.25, 0.3) is 49.9 Å². The van der Waals surface area contributed by atoms with Crippen LogP contribution in [0.2, 0.25) is 0 Å². The van der Waals surface area contributed by atoms with Crippen molar-refractivity contribution in [1.82, 2.24) is 14.5 Å². The standard InChI is InChI=1S/C44H36N4O/c1-44(2,3)32-28-30(35-13-6-9-19-41(35)49)27-31(29-32)38-16-12-21-43(46-38)48(42-20-10-11-26-45-42)34-24-22-33(23-25-34)47-39-17-7-4-14-36(39)37-15-5-8-18-40(37)47/h4-29,49H,1-3H3. The molecule has 5 heteroatoms. The lowest BCUT2D eigenvalue weighted by atomic mass is 9.83. The Morgan fingerprint density at radius 3 is 1.90 bits per heavy atom. The molecule has 3 aromatic heterocycles. The predicted octanol–water partition coefficient (Wildman–Crippen LogP) is 11.4. The van der Waals surface area contributed by atoms with Crippen molar-refractivity contribution in [3.63, 3.8) is 0 Å². The van der Waals surface area contributed by atoms with E-state index in [4.69, 9.17) is 9.97 Å². The summed E-state index contributed by atoms with van der Waals surface area (Å²) in [5.41, 5.74) is 9.01. The number of fused-ring (bicyclic) bond motifs is 3. The summed E-state index contributed by atoms with van der Waals surface area (Å²) in [7, 11) is 0. The topological polar surface area (TPSA) is 54.2 Å². The van der Waals surface area contributed by atoms with Crippen molar-refractivity contribution < 1.29 is 5.11 Å². The second-order valence-electron chi connectivity index (χ2n) is 13.4. The Bertz CT molecular complexity index is 2390. The number of nitrogens with zero attached hydrogens (tertiary/aromatic N) is 4. The molecule has 0 radical (unpaired) electrons. The lowest BCUT2D eigenvalue weighted by Crippen LogP contribution is -2.13. The largest absolute Gasteiger partial charge is 0.507 e. The zero-order valence-corrected chi connectivity index (χ0v) is 27.7. The van der Waals surface area contributed by atoms with Crippen molar-refractivity contribution in [2.24, 2.45) is 0 Å². The van der Waals surface area contributed by atoms with Gasteiger partial charge in [0.2, 0.25) is 0 Å². The number of aromatic hydroxyl groups is 1. The molecule has 5 aromatic carbocycles. The van der Waals surface area contributed by atoms with Gasteiger partial charge in [0.25, 0.3) is 0 Å². The Morgan fingerprint density at radius 1 is 0.592 bits per heavy atom. The van der Waals surface area contributed by atoms with Gasteiger partial charge in [-0.05, 0) is 95.4 Å². The zero-order chi connectivity index (χ0) is 33.5. The van der Waals surface area contributed by atoms with Crippen molar-refractivity contribution in [2.45, 2.75) is 26.2 Å². The Kier molecular flexibility index (Phi) is 7.45. The van der Waals surface area contributed by atoms with E-state index in [2.05, 4.69) is 121 Å². The molecule has 0 atom stereocenters. The molecule has 5 nitrogen and oxygen atoms in total. The van der Waals surface area contributed by atoms with Gasteiger partial charge in [0.1, 0.15) is 17.4 Å². The highest BCUT2D eigenvalue weighted by Crippen LogP contribution is 2.39. The zero-order valence-electron chi connectivity index (χ0n) is 27.7. The number of rotatable bonds is 6. The van der Waals surface area contributed by atoms with Crippen molar-refractivity contribution in [2.75, 3.05) is 4.90 Å². The molecule has 238 valence electrons. The maximum Gasteiger partial charge on any atom is 0.139 e. The molecule has 0 spiro atoms. The second kappa shape index (κ2) is 12.1. The average Bonchev–Trinajstić information content (AvgIpc) is 3.47. The van der Waals surface area contributed by atoms with Crippen LogP contribution in [-0.2, 0) is 5.41 Å². The molecule has 0 fully saturated rings. The average molecular weight is 637 g/mol. The van der Waals surface area contributed by atoms with E-state index in [0.717, 1.165) is 51.0 Å². The minimum atomic E-state index is -0.106. The molecular weight excluding hydrogens is 601 g/mol. The number of para-hydroxylation sites is 3. The number of phenols is 1. The van der Waals surface area contributed by atoms with Gasteiger partial charge in [-0.25, -0.2) is 9.97 Å². The molecule has 1 N–H and O–H groups in total. The molecule has 0 aliphatic heterocycles. The van der Waals surface area contributed by atoms with Gasteiger partial charge in [-0.1, -0.05) is 93.6 Å². The van der Waals surface area contributed by atoms with E-state index < -0.39 is 0 Å². The van der Waals surface area contributed by atoms with Crippen LogP contribution in [0.1, 0.15) is 26.3 Å². The van der Waals surface area contributed by atoms with E-state index in [9.17, 15) is 5.11 Å². The molecular formula is C44H36N4O. The Hall–Kier alpha value is -6.20. The van der Waals surface area contributed by atoms with Crippen molar-refractivity contribution in [3.8, 4) is 33.8 Å². The Labute approximate surface area is 286 Å². The molecule has 0 amide bonds. The number of hydrogen-bond acceptors (Lipinski definition) is 4. The second-order valence-corrected chi connectivity index (χ2v) is 13.4. The Balaban J connectivity index is 1.24. The third-order valence-corrected chi connectivity index (χ3v) is 9.10. The lowest BCUT2D eigenvalue weighted by Gasteiger charge is -2.24. The molecule has 0 saturated heterocycles. The number of anilines is 3. The van der Waals surface area contributed by atoms with Crippen LogP contribution in [0.15, 0.2) is 158 Å². The number of aromatic nitrogens is 3. The van der Waals surface area contributed by atoms with Crippen molar-refractivity contribution in [1.29, 1.82) is 0 Å². The highest BCUT2D eigenvalue weighted by molar-refractivity contribution is 6.09. The summed E-state index contributed by atoms with van der Waals surface area (Å²) in [6, 6.07) is 51.7. The number of hydrogen-bond donors (Lipinski definition) is 1. The van der Waals surface area contributed by atoms with E-state index in [1.165, 1.54) is 21.8 Å². The van der Waals surface area contributed by atoms with Crippen LogP contribution >= 0.6 is 0 Å². The smallest absolute Gasteiger partial charge is 0.139 e. The van der Waals surface area contributed by atoms with Crippen LogP contribution < -0.4 is 4.90 Å². The quantitative estimate of drug-likeness (QED) is 0.197. The molecule has 0 aliphatic rings. The van der Waals surface area contributed by atoms with Gasteiger partial charge >= 0.3 is 0 Å². The molecule has 0 saturated carbocycles. The van der Waals surface area contributed by atoms with Crippen molar-refractivity contribution >= 4 is 39.1 Å². The summed E-state index contributed by atoms with van der Waals surface area (Å²) in [5.74, 6) is 1.79.